The molecule has 0 aromatic carbocycles. The van der Waals surface area contributed by atoms with Crippen molar-refractivity contribution in [3.63, 3.8) is 0 Å². The molecule has 0 amide bonds. The van der Waals surface area contributed by atoms with Crippen LogP contribution in [0.2, 0.25) is 0 Å². The monoisotopic (exact) mass is 238 g/mol. The van der Waals surface area contributed by atoms with Crippen molar-refractivity contribution >= 4 is 9.84 Å². The van der Waals surface area contributed by atoms with Crippen LogP contribution >= 0.6 is 0 Å². The lowest BCUT2D eigenvalue weighted by Crippen LogP contribution is -2.12. The summed E-state index contributed by atoms with van der Waals surface area (Å²) < 4.78 is 23.7. The van der Waals surface area contributed by atoms with E-state index in [2.05, 4.69) is 4.98 Å². The van der Waals surface area contributed by atoms with Gasteiger partial charge in [-0.25, -0.2) is 13.4 Å². The Kier molecular flexibility index (Phi) is 3.34. The molecule has 0 fully saturated rings. The third-order valence-electron chi connectivity index (χ3n) is 2.74. The van der Waals surface area contributed by atoms with Gasteiger partial charge in [-0.3, -0.25) is 0 Å². The molecule has 0 unspecified atom stereocenters. The molecule has 0 bridgehead atoms. The quantitative estimate of drug-likeness (QED) is 0.785. The molecule has 1 aromatic heterocycles. The lowest BCUT2D eigenvalue weighted by Gasteiger charge is -2.11. The van der Waals surface area contributed by atoms with Gasteiger partial charge in [-0.1, -0.05) is 6.92 Å². The van der Waals surface area contributed by atoms with Gasteiger partial charge in [0.05, 0.1) is 5.75 Å². The van der Waals surface area contributed by atoms with E-state index in [9.17, 15) is 8.42 Å². The lowest BCUT2D eigenvalue weighted by molar-refractivity contribution is 0.595. The first kappa shape index (κ1) is 12.7. The smallest absolute Gasteiger partial charge is 0.181 e. The third kappa shape index (κ3) is 1.93. The molecule has 0 aliphatic rings. The molecule has 0 radical (unpaired) electrons. The van der Waals surface area contributed by atoms with Crippen molar-refractivity contribution in [2.24, 2.45) is 0 Å². The second-order valence-corrected chi connectivity index (χ2v) is 5.86. The summed E-state index contributed by atoms with van der Waals surface area (Å²) in [4.78, 5) is 4.11. The van der Waals surface area contributed by atoms with Gasteiger partial charge in [0.15, 0.2) is 15.5 Å². The van der Waals surface area contributed by atoms with E-state index in [4.69, 9.17) is 5.26 Å². The lowest BCUT2D eigenvalue weighted by atomic mass is 10.1. The number of aryl methyl sites for hydroxylation is 1. The minimum absolute atomic E-state index is 0.00227. The number of hydrogen-bond acceptors (Lipinski definition) is 4. The zero-order valence-corrected chi connectivity index (χ0v) is 10.6. The summed E-state index contributed by atoms with van der Waals surface area (Å²) in [5, 5.41) is 8.94. The van der Waals surface area contributed by atoms with Gasteiger partial charge in [0, 0.05) is 5.69 Å². The SMILES string of the molecule is CCS(=O)(=O)c1c(C#N)nc(C)c(C)c1C. The summed E-state index contributed by atoms with van der Waals surface area (Å²) in [7, 11) is -3.40. The second kappa shape index (κ2) is 4.22. The predicted molar refractivity (Wildman–Crippen MR) is 60.9 cm³/mol. The van der Waals surface area contributed by atoms with E-state index in [1.165, 1.54) is 0 Å². The average molecular weight is 238 g/mol. The molecule has 1 heterocycles. The van der Waals surface area contributed by atoms with Crippen LogP contribution in [0.1, 0.15) is 29.4 Å². The van der Waals surface area contributed by atoms with Gasteiger partial charge in [0.1, 0.15) is 11.0 Å². The Morgan fingerprint density at radius 2 is 1.81 bits per heavy atom. The van der Waals surface area contributed by atoms with Crippen molar-refractivity contribution in [3.05, 3.63) is 22.5 Å². The normalized spacial score (nSPS) is 11.2. The summed E-state index contributed by atoms with van der Waals surface area (Å²) in [5.74, 6) is -0.0211. The third-order valence-corrected chi connectivity index (χ3v) is 4.62. The summed E-state index contributed by atoms with van der Waals surface area (Å²) in [5.41, 5.74) is 2.16. The van der Waals surface area contributed by atoms with E-state index in [0.29, 0.717) is 11.3 Å². The first-order valence-corrected chi connectivity index (χ1v) is 6.61. The number of sulfone groups is 1. The Balaban J connectivity index is 3.77. The topological polar surface area (TPSA) is 70.8 Å². The van der Waals surface area contributed by atoms with Crippen molar-refractivity contribution in [1.82, 2.24) is 4.98 Å². The van der Waals surface area contributed by atoms with E-state index in [1.54, 1.807) is 20.8 Å². The van der Waals surface area contributed by atoms with E-state index in [-0.39, 0.29) is 16.3 Å². The van der Waals surface area contributed by atoms with Crippen LogP contribution in [-0.4, -0.2) is 19.2 Å². The molecule has 0 N–H and O–H groups in total. The largest absolute Gasteiger partial charge is 0.241 e. The Bertz CT molecular complexity index is 569. The van der Waals surface area contributed by atoms with Crippen LogP contribution in [0.4, 0.5) is 0 Å². The maximum absolute atomic E-state index is 11.9. The van der Waals surface area contributed by atoms with Gasteiger partial charge < -0.3 is 0 Å². The van der Waals surface area contributed by atoms with Crippen LogP contribution in [0.5, 0.6) is 0 Å². The Morgan fingerprint density at radius 3 is 2.25 bits per heavy atom. The van der Waals surface area contributed by atoms with Gasteiger partial charge in [0.2, 0.25) is 0 Å². The molecule has 0 spiro atoms. The van der Waals surface area contributed by atoms with E-state index in [1.807, 2.05) is 13.0 Å². The Labute approximate surface area is 95.9 Å². The Morgan fingerprint density at radius 1 is 1.25 bits per heavy atom. The molecule has 5 heteroatoms. The van der Waals surface area contributed by atoms with Crippen LogP contribution in [0.15, 0.2) is 4.90 Å². The maximum Gasteiger partial charge on any atom is 0.181 e. The Hall–Kier alpha value is -1.41. The summed E-state index contributed by atoms with van der Waals surface area (Å²) in [6.07, 6.45) is 0. The molecule has 0 atom stereocenters. The fraction of sp³-hybridized carbons (Fsp3) is 0.455. The maximum atomic E-state index is 11.9. The highest BCUT2D eigenvalue weighted by atomic mass is 32.2. The van der Waals surface area contributed by atoms with Crippen molar-refractivity contribution in [3.8, 4) is 6.07 Å². The molecular weight excluding hydrogens is 224 g/mol. The number of rotatable bonds is 2. The molecule has 1 rings (SSSR count). The number of hydrogen-bond donors (Lipinski definition) is 0. The molecule has 0 saturated heterocycles. The van der Waals surface area contributed by atoms with Crippen molar-refractivity contribution in [1.29, 1.82) is 5.26 Å². The molecule has 0 saturated carbocycles. The summed E-state index contributed by atoms with van der Waals surface area (Å²) in [6.45, 7) is 6.86. The highest BCUT2D eigenvalue weighted by Crippen LogP contribution is 2.24. The molecule has 0 aliphatic carbocycles. The molecular formula is C11H14N2O2S. The summed E-state index contributed by atoms with van der Waals surface area (Å²) >= 11 is 0. The first-order chi connectivity index (χ1) is 7.35. The average Bonchev–Trinajstić information content (AvgIpc) is 2.24. The minimum Gasteiger partial charge on any atom is -0.241 e. The predicted octanol–water partition coefficient (Wildman–Crippen LogP) is 1.67. The summed E-state index contributed by atoms with van der Waals surface area (Å²) in [6, 6.07) is 1.85. The fourth-order valence-electron chi connectivity index (χ4n) is 1.52. The zero-order chi connectivity index (χ0) is 12.5. The zero-order valence-electron chi connectivity index (χ0n) is 9.83. The van der Waals surface area contributed by atoms with Gasteiger partial charge in [-0.05, 0) is 31.9 Å². The molecule has 1 aromatic rings. The van der Waals surface area contributed by atoms with E-state index in [0.717, 1.165) is 5.56 Å². The van der Waals surface area contributed by atoms with Crippen molar-refractivity contribution in [2.75, 3.05) is 5.75 Å². The van der Waals surface area contributed by atoms with Crippen molar-refractivity contribution in [2.45, 2.75) is 32.6 Å². The molecule has 0 aliphatic heterocycles. The van der Waals surface area contributed by atoms with Crippen LogP contribution in [0.25, 0.3) is 0 Å². The number of pyridine rings is 1. The highest BCUT2D eigenvalue weighted by molar-refractivity contribution is 7.91. The molecule has 86 valence electrons. The number of aromatic nitrogens is 1. The molecule has 4 nitrogen and oxygen atoms in total. The van der Waals surface area contributed by atoms with E-state index >= 15 is 0 Å². The van der Waals surface area contributed by atoms with Gasteiger partial charge in [-0.2, -0.15) is 5.26 Å². The minimum atomic E-state index is -3.40. The second-order valence-electron chi connectivity index (χ2n) is 3.64. The first-order valence-electron chi connectivity index (χ1n) is 4.95. The number of nitrogens with zero attached hydrogens (tertiary/aromatic N) is 2. The number of nitriles is 1. The highest BCUT2D eigenvalue weighted by Gasteiger charge is 2.22. The fourth-order valence-corrected chi connectivity index (χ4v) is 2.82. The van der Waals surface area contributed by atoms with Gasteiger partial charge in [-0.15, -0.1) is 0 Å². The molecule has 16 heavy (non-hydrogen) atoms. The van der Waals surface area contributed by atoms with E-state index < -0.39 is 9.84 Å². The standard InChI is InChI=1S/C11H14N2O2S/c1-5-16(14,15)11-8(3)7(2)9(4)13-10(11)6-12/h5H2,1-4H3. The van der Waals surface area contributed by atoms with Crippen LogP contribution in [0, 0.1) is 32.1 Å². The van der Waals surface area contributed by atoms with Gasteiger partial charge in [0.25, 0.3) is 0 Å². The van der Waals surface area contributed by atoms with Crippen molar-refractivity contribution < 1.29 is 8.42 Å². The van der Waals surface area contributed by atoms with Gasteiger partial charge >= 0.3 is 0 Å². The van der Waals surface area contributed by atoms with Crippen LogP contribution in [0.3, 0.4) is 0 Å². The van der Waals surface area contributed by atoms with Crippen LogP contribution < -0.4 is 0 Å². The van der Waals surface area contributed by atoms with Crippen LogP contribution in [-0.2, 0) is 9.84 Å².